The Hall–Kier alpha value is -4.41. The molecule has 11 heteroatoms. The molecule has 42 heavy (non-hydrogen) atoms. The number of nitrogens with zero attached hydrogens (tertiary/aromatic N) is 6. The molecule has 4 aromatic rings. The fraction of sp³-hybridized carbons (Fsp3) is 0.452. The molecule has 0 bridgehead atoms. The van der Waals surface area contributed by atoms with E-state index in [1.807, 2.05) is 57.3 Å². The number of rotatable bonds is 6. The maximum absolute atomic E-state index is 12.9. The fourth-order valence-electron chi connectivity index (χ4n) is 4.70. The van der Waals surface area contributed by atoms with Crippen molar-refractivity contribution in [2.45, 2.75) is 65.6 Å². The number of carbonyl (C=O) groups is 2. The summed E-state index contributed by atoms with van der Waals surface area (Å²) >= 11 is 0. The summed E-state index contributed by atoms with van der Waals surface area (Å²) in [6.45, 7) is 14.1. The zero-order valence-electron chi connectivity index (χ0n) is 25.2. The van der Waals surface area contributed by atoms with Crippen molar-refractivity contribution in [1.82, 2.24) is 29.5 Å². The second kappa shape index (κ2) is 11.5. The lowest BCUT2D eigenvalue weighted by atomic mass is 10.1. The number of fused-ring (bicyclic) bond motifs is 1. The Morgan fingerprint density at radius 2 is 1.69 bits per heavy atom. The van der Waals surface area contributed by atoms with E-state index >= 15 is 0 Å². The number of benzene rings is 1. The van der Waals surface area contributed by atoms with E-state index in [1.54, 1.807) is 26.9 Å². The average molecular weight is 574 g/mol. The number of hydrogen-bond acceptors (Lipinski definition) is 8. The van der Waals surface area contributed by atoms with Crippen LogP contribution >= 0.6 is 0 Å². The second-order valence-corrected chi connectivity index (χ2v) is 12.6. The summed E-state index contributed by atoms with van der Waals surface area (Å²) in [6.07, 6.45) is 5.46. The lowest BCUT2D eigenvalue weighted by molar-refractivity contribution is -0.133. The van der Waals surface area contributed by atoms with Crippen LogP contribution in [0.25, 0.3) is 33.7 Å². The number of hydrogen-bond donors (Lipinski definition) is 1. The molecule has 0 saturated carbocycles. The van der Waals surface area contributed by atoms with Crippen molar-refractivity contribution in [3.05, 3.63) is 48.9 Å². The minimum atomic E-state index is -0.542. The molecule has 0 atom stereocenters. The first-order valence-corrected chi connectivity index (χ1v) is 14.3. The van der Waals surface area contributed by atoms with Crippen molar-refractivity contribution in [3.8, 4) is 22.6 Å². The van der Waals surface area contributed by atoms with E-state index in [-0.39, 0.29) is 17.5 Å². The molecule has 4 heterocycles. The molecule has 0 radical (unpaired) electrons. The molecule has 1 aromatic carbocycles. The Labute approximate surface area is 245 Å². The molecule has 0 unspecified atom stereocenters. The molecule has 5 rings (SSSR count). The van der Waals surface area contributed by atoms with Gasteiger partial charge in [0.05, 0.1) is 11.8 Å². The molecule has 1 aliphatic heterocycles. The van der Waals surface area contributed by atoms with Gasteiger partial charge in [0.25, 0.3) is 0 Å². The van der Waals surface area contributed by atoms with Crippen molar-refractivity contribution < 1.29 is 18.7 Å². The van der Waals surface area contributed by atoms with Crippen LogP contribution in [0.3, 0.4) is 0 Å². The Bertz CT molecular complexity index is 1540. The zero-order valence-corrected chi connectivity index (χ0v) is 25.2. The summed E-state index contributed by atoms with van der Waals surface area (Å²) in [5, 5.41) is 7.95. The van der Waals surface area contributed by atoms with Crippen molar-refractivity contribution in [2.24, 2.45) is 0 Å². The number of para-hydroxylation sites is 2. The molecule has 2 amide bonds. The van der Waals surface area contributed by atoms with Crippen LogP contribution in [0.1, 0.15) is 48.0 Å². The second-order valence-electron chi connectivity index (χ2n) is 12.6. The minimum absolute atomic E-state index is 0.0356. The average Bonchev–Trinajstić information content (AvgIpc) is 3.58. The van der Waals surface area contributed by atoms with Crippen LogP contribution in [0.5, 0.6) is 0 Å². The number of pyridine rings is 1. The van der Waals surface area contributed by atoms with Gasteiger partial charge in [-0.15, -0.1) is 0 Å². The smallest absolute Gasteiger partial charge is 0.410 e. The van der Waals surface area contributed by atoms with Crippen molar-refractivity contribution in [2.75, 3.05) is 31.5 Å². The van der Waals surface area contributed by atoms with Gasteiger partial charge in [0.2, 0.25) is 11.8 Å². The van der Waals surface area contributed by atoms with Crippen molar-refractivity contribution >= 4 is 28.9 Å². The summed E-state index contributed by atoms with van der Waals surface area (Å²) in [5.41, 5.74) is 3.23. The Kier molecular flexibility index (Phi) is 7.94. The predicted molar refractivity (Wildman–Crippen MR) is 161 cm³/mol. The maximum Gasteiger partial charge on any atom is 0.410 e. The van der Waals surface area contributed by atoms with Crippen LogP contribution in [0.15, 0.2) is 53.3 Å². The van der Waals surface area contributed by atoms with Gasteiger partial charge in [-0.05, 0) is 59.7 Å². The molecule has 1 fully saturated rings. The Morgan fingerprint density at radius 1 is 0.976 bits per heavy atom. The molecule has 0 spiro atoms. The highest BCUT2D eigenvalue weighted by Gasteiger charge is 2.27. The number of carbonyl (C=O) groups excluding carboxylic acids is 2. The van der Waals surface area contributed by atoms with Gasteiger partial charge in [0.1, 0.15) is 16.9 Å². The van der Waals surface area contributed by atoms with Crippen LogP contribution in [0.2, 0.25) is 0 Å². The van der Waals surface area contributed by atoms with Crippen molar-refractivity contribution in [3.63, 3.8) is 0 Å². The van der Waals surface area contributed by atoms with E-state index in [2.05, 4.69) is 31.2 Å². The van der Waals surface area contributed by atoms with Gasteiger partial charge in [-0.1, -0.05) is 12.1 Å². The van der Waals surface area contributed by atoms with Gasteiger partial charge >= 0.3 is 6.09 Å². The maximum atomic E-state index is 12.9. The van der Waals surface area contributed by atoms with Gasteiger partial charge < -0.3 is 24.3 Å². The number of nitrogens with one attached hydrogen (secondary N) is 1. The summed E-state index contributed by atoms with van der Waals surface area (Å²) in [5.74, 6) is 1.21. The lowest BCUT2D eigenvalue weighted by Gasteiger charge is -2.35. The quantitative estimate of drug-likeness (QED) is 0.324. The minimum Gasteiger partial charge on any atom is -0.444 e. The molecule has 11 nitrogen and oxygen atoms in total. The SMILES string of the molecule is CC(C)(C)Nc1ncc(-c2cnn(CCC(=O)N3CCN(C(=O)OC(C)(C)C)CC3)c2)cc1-c1nc2ccccc2o1. The molecule has 1 N–H and O–H groups in total. The van der Waals surface area contributed by atoms with E-state index in [0.29, 0.717) is 56.4 Å². The van der Waals surface area contributed by atoms with Gasteiger partial charge in [0.15, 0.2) is 5.58 Å². The Balaban J connectivity index is 1.25. The zero-order chi connectivity index (χ0) is 30.1. The number of amides is 2. The molecule has 0 aliphatic carbocycles. The molecular formula is C31H39N7O4. The van der Waals surface area contributed by atoms with E-state index in [1.165, 1.54) is 0 Å². The third kappa shape index (κ3) is 7.07. The van der Waals surface area contributed by atoms with E-state index in [9.17, 15) is 9.59 Å². The van der Waals surface area contributed by atoms with E-state index in [4.69, 9.17) is 19.1 Å². The van der Waals surface area contributed by atoms with Gasteiger partial charge in [0, 0.05) is 68.2 Å². The van der Waals surface area contributed by atoms with Crippen LogP contribution < -0.4 is 5.32 Å². The number of anilines is 1. The third-order valence-corrected chi connectivity index (χ3v) is 6.71. The van der Waals surface area contributed by atoms with E-state index in [0.717, 1.165) is 22.2 Å². The molecule has 1 saturated heterocycles. The molecule has 3 aromatic heterocycles. The third-order valence-electron chi connectivity index (χ3n) is 6.71. The number of aryl methyl sites for hydroxylation is 1. The largest absolute Gasteiger partial charge is 0.444 e. The van der Waals surface area contributed by atoms with Crippen LogP contribution in [-0.2, 0) is 16.1 Å². The summed E-state index contributed by atoms with van der Waals surface area (Å²) in [6, 6.07) is 9.67. The molecular weight excluding hydrogens is 534 g/mol. The number of aromatic nitrogens is 4. The highest BCUT2D eigenvalue weighted by molar-refractivity contribution is 5.81. The topological polar surface area (TPSA) is 119 Å². The summed E-state index contributed by atoms with van der Waals surface area (Å²) in [4.78, 5) is 38.1. The summed E-state index contributed by atoms with van der Waals surface area (Å²) < 4.78 is 13.3. The predicted octanol–water partition coefficient (Wildman–Crippen LogP) is 5.43. The first-order chi connectivity index (χ1) is 19.8. The first kappa shape index (κ1) is 29.1. The number of piperazine rings is 1. The highest BCUT2D eigenvalue weighted by Crippen LogP contribution is 2.33. The van der Waals surface area contributed by atoms with Crippen LogP contribution in [-0.4, -0.2) is 78.9 Å². The number of oxazole rings is 1. The molecule has 1 aliphatic rings. The number of ether oxygens (including phenoxy) is 1. The highest BCUT2D eigenvalue weighted by atomic mass is 16.6. The van der Waals surface area contributed by atoms with E-state index < -0.39 is 5.60 Å². The molecule has 222 valence electrons. The first-order valence-electron chi connectivity index (χ1n) is 14.3. The lowest BCUT2D eigenvalue weighted by Crippen LogP contribution is -2.51. The van der Waals surface area contributed by atoms with Crippen molar-refractivity contribution in [1.29, 1.82) is 0 Å². The standard InChI is InChI=1S/C31H39N7O4/c1-30(2,3)35-27-23(28-34-24-9-7-8-10-25(24)41-28)17-21(18-32-27)22-19-33-38(20-22)12-11-26(39)36-13-15-37(16-14-36)29(40)42-31(4,5)6/h7-10,17-20H,11-16H2,1-6H3,(H,32,35). The van der Waals surface area contributed by atoms with Crippen LogP contribution in [0.4, 0.5) is 10.6 Å². The monoisotopic (exact) mass is 573 g/mol. The fourth-order valence-corrected chi connectivity index (χ4v) is 4.70. The summed E-state index contributed by atoms with van der Waals surface area (Å²) in [7, 11) is 0. The van der Waals surface area contributed by atoms with Gasteiger partial charge in [-0.25, -0.2) is 14.8 Å². The van der Waals surface area contributed by atoms with Gasteiger partial charge in [-0.2, -0.15) is 5.10 Å². The van der Waals surface area contributed by atoms with Crippen LogP contribution in [0, 0.1) is 0 Å². The Morgan fingerprint density at radius 3 is 2.38 bits per heavy atom. The van der Waals surface area contributed by atoms with Gasteiger partial charge in [-0.3, -0.25) is 9.48 Å². The normalized spacial score (nSPS) is 14.3.